The van der Waals surface area contributed by atoms with Crippen molar-refractivity contribution in [3.05, 3.63) is 11.6 Å². The van der Waals surface area contributed by atoms with Gasteiger partial charge < -0.3 is 4.90 Å². The molecule has 0 unspecified atom stereocenters. The Morgan fingerprint density at radius 3 is 2.29 bits per heavy atom. The molecule has 0 aliphatic rings. The van der Waals surface area contributed by atoms with Crippen molar-refractivity contribution < 1.29 is 0 Å². The number of rotatable bonds is 2. The Bertz CT molecular complexity index is 60.7. The van der Waals surface area contributed by atoms with Crippen molar-refractivity contribution in [3.8, 4) is 0 Å². The topological polar surface area (TPSA) is 29.3 Å². The Morgan fingerprint density at radius 1 is 1.57 bits per heavy atom. The summed E-state index contributed by atoms with van der Waals surface area (Å²) >= 11 is 1.21. The van der Waals surface area contributed by atoms with Crippen molar-refractivity contribution in [2.75, 3.05) is 14.1 Å². The average Bonchev–Trinajstić information content (AvgIpc) is 1.61. The van der Waals surface area contributed by atoms with Crippen LogP contribution in [0.3, 0.4) is 0 Å². The van der Waals surface area contributed by atoms with Gasteiger partial charge in [0.15, 0.2) is 0 Å². The van der Waals surface area contributed by atoms with Crippen molar-refractivity contribution in [1.29, 1.82) is 0 Å². The summed E-state index contributed by atoms with van der Waals surface area (Å²) in [5, 5.41) is 6.90. The highest BCUT2D eigenvalue weighted by Crippen LogP contribution is 1.87. The summed E-state index contributed by atoms with van der Waals surface area (Å²) < 4.78 is 0. The van der Waals surface area contributed by atoms with Gasteiger partial charge in [0, 0.05) is 25.7 Å². The molecule has 0 amide bonds. The molecule has 2 nitrogen and oxygen atoms in total. The Hall–Kier alpha value is -0.150. The van der Waals surface area contributed by atoms with Crippen LogP contribution in [0.5, 0.6) is 0 Å². The number of nitrogens with two attached hydrogens (primary N) is 1. The molecule has 0 aromatic carbocycles. The Morgan fingerprint density at radius 2 is 2.14 bits per heavy atom. The number of hydrogen-bond acceptors (Lipinski definition) is 3. The van der Waals surface area contributed by atoms with Crippen LogP contribution in [0.1, 0.15) is 0 Å². The summed E-state index contributed by atoms with van der Waals surface area (Å²) in [6, 6.07) is 0. The molecule has 0 atom stereocenters. The lowest BCUT2D eigenvalue weighted by Gasteiger charge is -2.00. The first kappa shape index (κ1) is 6.85. The monoisotopic (exact) mass is 118 g/mol. The van der Waals surface area contributed by atoms with Crippen LogP contribution < -0.4 is 5.14 Å². The third-order valence-corrected chi connectivity index (χ3v) is 0.716. The van der Waals surface area contributed by atoms with Crippen molar-refractivity contribution in [3.63, 3.8) is 0 Å². The van der Waals surface area contributed by atoms with Crippen LogP contribution >= 0.6 is 11.9 Å². The Labute approximate surface area is 48.5 Å². The first-order chi connectivity index (χ1) is 3.27. The highest BCUT2D eigenvalue weighted by Gasteiger charge is 1.70. The molecular formula is C4H10N2S. The fourth-order valence-corrected chi connectivity index (χ4v) is 0.471. The summed E-state index contributed by atoms with van der Waals surface area (Å²) in [7, 11) is 3.90. The second-order valence-electron chi connectivity index (χ2n) is 1.38. The van der Waals surface area contributed by atoms with Gasteiger partial charge in [-0.3, -0.25) is 5.14 Å². The quantitative estimate of drug-likeness (QED) is 0.539. The van der Waals surface area contributed by atoms with E-state index in [2.05, 4.69) is 0 Å². The van der Waals surface area contributed by atoms with E-state index >= 15 is 0 Å². The second-order valence-corrected chi connectivity index (χ2v) is 1.93. The third kappa shape index (κ3) is 5.85. The van der Waals surface area contributed by atoms with Crippen molar-refractivity contribution in [2.45, 2.75) is 0 Å². The van der Waals surface area contributed by atoms with E-state index in [1.54, 1.807) is 0 Å². The van der Waals surface area contributed by atoms with Gasteiger partial charge >= 0.3 is 0 Å². The molecule has 0 aliphatic carbocycles. The molecule has 7 heavy (non-hydrogen) atoms. The van der Waals surface area contributed by atoms with Gasteiger partial charge in [0.2, 0.25) is 0 Å². The smallest absolute Gasteiger partial charge is 0.00620 e. The molecule has 0 saturated heterocycles. The van der Waals surface area contributed by atoms with E-state index in [9.17, 15) is 0 Å². The third-order valence-electron chi connectivity index (χ3n) is 0.438. The maximum absolute atomic E-state index is 5.08. The molecule has 0 spiro atoms. The van der Waals surface area contributed by atoms with Crippen LogP contribution in [0.4, 0.5) is 0 Å². The Kier molecular flexibility index (Phi) is 3.93. The summed E-state index contributed by atoms with van der Waals surface area (Å²) in [6.07, 6.45) is 1.89. The molecule has 0 aromatic heterocycles. The Balaban J connectivity index is 3.08. The van der Waals surface area contributed by atoms with Crippen LogP contribution in [-0.4, -0.2) is 19.0 Å². The lowest BCUT2D eigenvalue weighted by Crippen LogP contribution is -1.99. The zero-order valence-electron chi connectivity index (χ0n) is 4.59. The van der Waals surface area contributed by atoms with E-state index < -0.39 is 0 Å². The predicted molar refractivity (Wildman–Crippen MR) is 34.6 cm³/mol. The maximum atomic E-state index is 5.08. The maximum Gasteiger partial charge on any atom is 0.00620 e. The van der Waals surface area contributed by atoms with E-state index in [1.807, 2.05) is 30.6 Å². The van der Waals surface area contributed by atoms with E-state index in [0.29, 0.717) is 0 Å². The molecule has 0 radical (unpaired) electrons. The number of hydrogen-bond donors (Lipinski definition) is 1. The highest BCUT2D eigenvalue weighted by molar-refractivity contribution is 7.99. The molecule has 0 heterocycles. The van der Waals surface area contributed by atoms with Crippen LogP contribution in [0.2, 0.25) is 0 Å². The molecule has 0 aromatic rings. The van der Waals surface area contributed by atoms with E-state index in [1.165, 1.54) is 11.9 Å². The fraction of sp³-hybridized carbons (Fsp3) is 0.500. The van der Waals surface area contributed by atoms with Crippen molar-refractivity contribution in [1.82, 2.24) is 4.90 Å². The standard InChI is InChI=1S/C4H10N2S/c1-6(2)3-4-7-5/h3-4H,5H2,1-2H3/b4-3-. The minimum Gasteiger partial charge on any atom is -0.383 e. The molecule has 3 heteroatoms. The van der Waals surface area contributed by atoms with Crippen molar-refractivity contribution >= 4 is 11.9 Å². The lowest BCUT2D eigenvalue weighted by atomic mass is 10.9. The molecular weight excluding hydrogens is 108 g/mol. The summed E-state index contributed by atoms with van der Waals surface area (Å²) in [5.41, 5.74) is 0. The molecule has 42 valence electrons. The van der Waals surface area contributed by atoms with Gasteiger partial charge in [0.25, 0.3) is 0 Å². The van der Waals surface area contributed by atoms with Gasteiger partial charge in [-0.2, -0.15) is 0 Å². The largest absolute Gasteiger partial charge is 0.383 e. The predicted octanol–water partition coefficient (Wildman–Crippen LogP) is 0.626. The summed E-state index contributed by atoms with van der Waals surface area (Å²) in [5.74, 6) is 0. The normalized spacial score (nSPS) is 10.1. The summed E-state index contributed by atoms with van der Waals surface area (Å²) in [6.45, 7) is 0. The fourth-order valence-electron chi connectivity index (χ4n) is 0.157. The van der Waals surface area contributed by atoms with Gasteiger partial charge in [-0.05, 0) is 0 Å². The molecule has 2 N–H and O–H groups in total. The van der Waals surface area contributed by atoms with E-state index in [0.717, 1.165) is 0 Å². The zero-order chi connectivity index (χ0) is 5.70. The minimum absolute atomic E-state index is 1.21. The second kappa shape index (κ2) is 4.02. The van der Waals surface area contributed by atoms with Crippen LogP contribution in [-0.2, 0) is 0 Å². The van der Waals surface area contributed by atoms with E-state index in [4.69, 9.17) is 5.14 Å². The van der Waals surface area contributed by atoms with Crippen LogP contribution in [0.15, 0.2) is 11.6 Å². The first-order valence-corrected chi connectivity index (χ1v) is 2.90. The molecule has 0 aliphatic heterocycles. The van der Waals surface area contributed by atoms with Gasteiger partial charge in [-0.25, -0.2) is 0 Å². The van der Waals surface area contributed by atoms with Gasteiger partial charge in [0.05, 0.1) is 0 Å². The van der Waals surface area contributed by atoms with Crippen LogP contribution in [0.25, 0.3) is 0 Å². The van der Waals surface area contributed by atoms with Crippen LogP contribution in [0, 0.1) is 0 Å². The zero-order valence-corrected chi connectivity index (χ0v) is 5.40. The number of nitrogens with zero attached hydrogens (tertiary/aromatic N) is 1. The van der Waals surface area contributed by atoms with E-state index in [-0.39, 0.29) is 0 Å². The van der Waals surface area contributed by atoms with Crippen molar-refractivity contribution in [2.24, 2.45) is 5.14 Å². The molecule has 0 saturated carbocycles. The molecule has 0 rings (SSSR count). The summed E-state index contributed by atoms with van der Waals surface area (Å²) in [4.78, 5) is 1.93. The lowest BCUT2D eigenvalue weighted by molar-refractivity contribution is 0.565. The SMILES string of the molecule is CN(C)/C=C\SN. The molecule has 0 bridgehead atoms. The van der Waals surface area contributed by atoms with Gasteiger partial charge in [0.1, 0.15) is 0 Å². The highest BCUT2D eigenvalue weighted by atomic mass is 32.2. The minimum atomic E-state index is 1.21. The molecule has 0 fully saturated rings. The van der Waals surface area contributed by atoms with Gasteiger partial charge in [-0.1, -0.05) is 11.9 Å². The van der Waals surface area contributed by atoms with Gasteiger partial charge in [-0.15, -0.1) is 0 Å². The first-order valence-electron chi connectivity index (χ1n) is 1.96. The average molecular weight is 118 g/mol.